The van der Waals surface area contributed by atoms with Gasteiger partial charge in [-0.2, -0.15) is 0 Å². The Morgan fingerprint density at radius 3 is 2.67 bits per heavy atom. The lowest BCUT2D eigenvalue weighted by Crippen LogP contribution is -2.42. The van der Waals surface area contributed by atoms with E-state index in [1.165, 1.54) is 0 Å². The van der Waals surface area contributed by atoms with E-state index in [-0.39, 0.29) is 11.7 Å². The minimum atomic E-state index is -0.526. The number of hydrogen-bond donors (Lipinski definition) is 2. The van der Waals surface area contributed by atoms with Gasteiger partial charge in [0.05, 0.1) is 5.92 Å². The maximum atomic E-state index is 12.0. The zero-order valence-corrected chi connectivity index (χ0v) is 9.31. The van der Waals surface area contributed by atoms with E-state index in [2.05, 4.69) is 5.16 Å². The first-order valence-electron chi connectivity index (χ1n) is 5.39. The number of nitrogens with two attached hydrogens (primary N) is 1. The average molecular weight is 213 g/mol. The standard InChI is InChI=1S/C10H19N3O2/c1-3-6-13(8-4-5-8)10(14)7(2)9(11)12-15/h7-8,15H,3-6H2,1-2H3,(H2,11,12). The van der Waals surface area contributed by atoms with Crippen LogP contribution in [0.3, 0.4) is 0 Å². The fourth-order valence-electron chi connectivity index (χ4n) is 1.56. The molecule has 1 rings (SSSR count). The molecule has 5 nitrogen and oxygen atoms in total. The van der Waals surface area contributed by atoms with E-state index in [0.717, 1.165) is 25.8 Å². The third kappa shape index (κ3) is 2.84. The molecule has 1 fully saturated rings. The average Bonchev–Trinajstić information content (AvgIpc) is 3.06. The minimum absolute atomic E-state index is 0.0123. The van der Waals surface area contributed by atoms with Crippen molar-refractivity contribution in [1.29, 1.82) is 0 Å². The first kappa shape index (κ1) is 11.8. The van der Waals surface area contributed by atoms with Gasteiger partial charge in [0.15, 0.2) is 5.84 Å². The number of hydrogen-bond acceptors (Lipinski definition) is 3. The topological polar surface area (TPSA) is 78.9 Å². The predicted molar refractivity (Wildman–Crippen MR) is 57.6 cm³/mol. The molecule has 1 amide bonds. The lowest BCUT2D eigenvalue weighted by Gasteiger charge is -2.24. The SMILES string of the molecule is CCCN(C(=O)C(C)C(N)=NO)C1CC1. The van der Waals surface area contributed by atoms with Crippen molar-refractivity contribution in [3.8, 4) is 0 Å². The van der Waals surface area contributed by atoms with Crippen LogP contribution in [0.1, 0.15) is 33.1 Å². The van der Waals surface area contributed by atoms with E-state index in [4.69, 9.17) is 10.9 Å². The summed E-state index contributed by atoms with van der Waals surface area (Å²) in [4.78, 5) is 13.8. The molecule has 0 aromatic rings. The van der Waals surface area contributed by atoms with Crippen LogP contribution in [0.25, 0.3) is 0 Å². The molecule has 0 heterocycles. The third-order valence-electron chi connectivity index (χ3n) is 2.66. The van der Waals surface area contributed by atoms with Gasteiger partial charge in [-0.25, -0.2) is 0 Å². The summed E-state index contributed by atoms with van der Waals surface area (Å²) in [5.41, 5.74) is 5.42. The fourth-order valence-corrected chi connectivity index (χ4v) is 1.56. The molecule has 0 aromatic heterocycles. The van der Waals surface area contributed by atoms with Crippen LogP contribution in [0.2, 0.25) is 0 Å². The summed E-state index contributed by atoms with van der Waals surface area (Å²) < 4.78 is 0. The van der Waals surface area contributed by atoms with Crippen molar-refractivity contribution in [2.45, 2.75) is 39.2 Å². The number of nitrogens with zero attached hydrogens (tertiary/aromatic N) is 2. The summed E-state index contributed by atoms with van der Waals surface area (Å²) in [5.74, 6) is -0.571. The molecule has 1 aliphatic carbocycles. The van der Waals surface area contributed by atoms with Crippen molar-refractivity contribution in [3.63, 3.8) is 0 Å². The Bertz CT molecular complexity index is 261. The van der Waals surface area contributed by atoms with Crippen molar-refractivity contribution in [1.82, 2.24) is 4.90 Å². The van der Waals surface area contributed by atoms with E-state index in [9.17, 15) is 4.79 Å². The number of carbonyl (C=O) groups excluding carboxylic acids is 1. The maximum Gasteiger partial charge on any atom is 0.233 e. The fraction of sp³-hybridized carbons (Fsp3) is 0.800. The highest BCUT2D eigenvalue weighted by molar-refractivity contribution is 6.01. The van der Waals surface area contributed by atoms with Gasteiger partial charge in [-0.15, -0.1) is 0 Å². The molecule has 1 aliphatic rings. The van der Waals surface area contributed by atoms with Crippen LogP contribution < -0.4 is 5.73 Å². The number of carbonyl (C=O) groups is 1. The normalized spacial score (nSPS) is 18.7. The Hall–Kier alpha value is -1.26. The smallest absolute Gasteiger partial charge is 0.233 e. The predicted octanol–water partition coefficient (Wildman–Crippen LogP) is 0.770. The van der Waals surface area contributed by atoms with E-state index >= 15 is 0 Å². The summed E-state index contributed by atoms with van der Waals surface area (Å²) >= 11 is 0. The molecule has 0 saturated heterocycles. The molecule has 0 aromatic carbocycles. The largest absolute Gasteiger partial charge is 0.409 e. The lowest BCUT2D eigenvalue weighted by molar-refractivity contribution is -0.133. The van der Waals surface area contributed by atoms with Gasteiger partial charge in [0, 0.05) is 12.6 Å². The van der Waals surface area contributed by atoms with Gasteiger partial charge < -0.3 is 15.8 Å². The molecular weight excluding hydrogens is 194 g/mol. The summed E-state index contributed by atoms with van der Waals surface area (Å²) in [5, 5.41) is 11.4. The van der Waals surface area contributed by atoms with Crippen molar-refractivity contribution in [2.24, 2.45) is 16.8 Å². The molecule has 15 heavy (non-hydrogen) atoms. The van der Waals surface area contributed by atoms with Crippen LogP contribution >= 0.6 is 0 Å². The van der Waals surface area contributed by atoms with Crippen molar-refractivity contribution >= 4 is 11.7 Å². The van der Waals surface area contributed by atoms with Crippen LogP contribution in [0.4, 0.5) is 0 Å². The van der Waals surface area contributed by atoms with Crippen LogP contribution in [0.5, 0.6) is 0 Å². The minimum Gasteiger partial charge on any atom is -0.409 e. The first-order chi connectivity index (χ1) is 7.11. The third-order valence-corrected chi connectivity index (χ3v) is 2.66. The molecule has 1 atom stereocenters. The van der Waals surface area contributed by atoms with E-state index in [1.54, 1.807) is 6.92 Å². The first-order valence-corrected chi connectivity index (χ1v) is 5.39. The van der Waals surface area contributed by atoms with Crippen molar-refractivity contribution in [2.75, 3.05) is 6.54 Å². The van der Waals surface area contributed by atoms with Gasteiger partial charge >= 0.3 is 0 Å². The number of oxime groups is 1. The molecule has 0 aliphatic heterocycles. The second-order valence-corrected chi connectivity index (χ2v) is 4.01. The van der Waals surface area contributed by atoms with E-state index in [0.29, 0.717) is 6.04 Å². The Morgan fingerprint density at radius 2 is 2.27 bits per heavy atom. The Balaban J connectivity index is 2.62. The molecule has 3 N–H and O–H groups in total. The van der Waals surface area contributed by atoms with Crippen molar-refractivity contribution in [3.05, 3.63) is 0 Å². The highest BCUT2D eigenvalue weighted by atomic mass is 16.4. The number of amidine groups is 1. The summed E-state index contributed by atoms with van der Waals surface area (Å²) in [6.07, 6.45) is 3.09. The van der Waals surface area contributed by atoms with Crippen LogP contribution in [0.15, 0.2) is 5.16 Å². The Kier molecular flexibility index (Phi) is 3.94. The second-order valence-electron chi connectivity index (χ2n) is 4.01. The summed E-state index contributed by atoms with van der Waals surface area (Å²) in [6, 6.07) is 0.381. The van der Waals surface area contributed by atoms with Gasteiger partial charge in [-0.05, 0) is 26.2 Å². The quantitative estimate of drug-likeness (QED) is 0.306. The van der Waals surface area contributed by atoms with Gasteiger partial charge in [-0.1, -0.05) is 12.1 Å². The molecule has 0 radical (unpaired) electrons. The summed E-state index contributed by atoms with van der Waals surface area (Å²) in [7, 11) is 0. The van der Waals surface area contributed by atoms with Gasteiger partial charge in [0.1, 0.15) is 0 Å². The maximum absolute atomic E-state index is 12.0. The van der Waals surface area contributed by atoms with Gasteiger partial charge in [0.2, 0.25) is 5.91 Å². The molecular formula is C10H19N3O2. The second kappa shape index (κ2) is 5.00. The highest BCUT2D eigenvalue weighted by Crippen LogP contribution is 2.28. The van der Waals surface area contributed by atoms with Crippen LogP contribution in [-0.2, 0) is 4.79 Å². The zero-order valence-electron chi connectivity index (χ0n) is 9.31. The Labute approximate surface area is 89.9 Å². The van der Waals surface area contributed by atoms with Gasteiger partial charge in [0.25, 0.3) is 0 Å². The van der Waals surface area contributed by atoms with Gasteiger partial charge in [-0.3, -0.25) is 4.79 Å². The van der Waals surface area contributed by atoms with Crippen LogP contribution in [-0.4, -0.2) is 34.4 Å². The van der Waals surface area contributed by atoms with Crippen LogP contribution in [0, 0.1) is 5.92 Å². The highest BCUT2D eigenvalue weighted by Gasteiger charge is 2.34. The number of amides is 1. The Morgan fingerprint density at radius 1 is 1.67 bits per heavy atom. The molecule has 0 bridgehead atoms. The molecule has 0 spiro atoms. The summed E-state index contributed by atoms with van der Waals surface area (Å²) in [6.45, 7) is 4.46. The monoisotopic (exact) mass is 213 g/mol. The van der Waals surface area contributed by atoms with E-state index < -0.39 is 5.92 Å². The van der Waals surface area contributed by atoms with Crippen molar-refractivity contribution < 1.29 is 10.0 Å². The lowest BCUT2D eigenvalue weighted by atomic mass is 10.1. The molecule has 1 saturated carbocycles. The van der Waals surface area contributed by atoms with E-state index in [1.807, 2.05) is 11.8 Å². The molecule has 1 unspecified atom stereocenters. The zero-order chi connectivity index (χ0) is 11.4. The number of rotatable bonds is 5. The molecule has 86 valence electrons. The molecule has 5 heteroatoms.